The molecule has 19 heavy (non-hydrogen) atoms. The van der Waals surface area contributed by atoms with Gasteiger partial charge >= 0.3 is 5.97 Å². The Morgan fingerprint density at radius 3 is 2.84 bits per heavy atom. The summed E-state index contributed by atoms with van der Waals surface area (Å²) in [5.41, 5.74) is 0.288. The highest BCUT2D eigenvalue weighted by atomic mass is 16.7. The molecule has 1 unspecified atom stereocenters. The number of carbonyl (C=O) groups is 1. The van der Waals surface area contributed by atoms with Crippen LogP contribution in [0.25, 0.3) is 0 Å². The van der Waals surface area contributed by atoms with Crippen LogP contribution in [-0.2, 0) is 10.3 Å². The van der Waals surface area contributed by atoms with Crippen LogP contribution >= 0.6 is 0 Å². The van der Waals surface area contributed by atoms with Crippen LogP contribution in [0.15, 0.2) is 18.2 Å². The molecule has 0 aromatic heterocycles. The summed E-state index contributed by atoms with van der Waals surface area (Å²) in [4.78, 5) is 11.1. The van der Waals surface area contributed by atoms with Gasteiger partial charge in [0.15, 0.2) is 11.5 Å². The van der Waals surface area contributed by atoms with E-state index in [0.29, 0.717) is 11.5 Å². The van der Waals surface area contributed by atoms with Crippen molar-refractivity contribution in [3.05, 3.63) is 23.8 Å². The van der Waals surface area contributed by atoms with Gasteiger partial charge in [-0.1, -0.05) is 13.0 Å². The van der Waals surface area contributed by atoms with Crippen LogP contribution in [0, 0.1) is 0 Å². The van der Waals surface area contributed by atoms with Crippen molar-refractivity contribution in [2.75, 3.05) is 13.3 Å². The minimum absolute atomic E-state index is 0.0205. The second kappa shape index (κ2) is 5.48. The fraction of sp³-hybridized carbons (Fsp3) is 0.500. The fourth-order valence-electron chi connectivity index (χ4n) is 2.21. The van der Waals surface area contributed by atoms with Gasteiger partial charge in [0.1, 0.15) is 0 Å². The second-order valence-electron chi connectivity index (χ2n) is 4.90. The van der Waals surface area contributed by atoms with E-state index in [4.69, 9.17) is 14.6 Å². The average Bonchev–Trinajstić information content (AvgIpc) is 2.82. The molecular weight excluding hydrogens is 246 g/mol. The highest BCUT2D eigenvalue weighted by Crippen LogP contribution is 2.36. The lowest BCUT2D eigenvalue weighted by Crippen LogP contribution is -2.41. The second-order valence-corrected chi connectivity index (χ2v) is 4.90. The van der Waals surface area contributed by atoms with E-state index < -0.39 is 11.5 Å². The molecule has 0 saturated heterocycles. The molecule has 104 valence electrons. The molecule has 2 rings (SSSR count). The number of carboxylic acids is 1. The molecule has 0 saturated carbocycles. The van der Waals surface area contributed by atoms with Gasteiger partial charge in [-0.25, -0.2) is 0 Å². The predicted octanol–water partition coefficient (Wildman–Crippen LogP) is 2.10. The maximum atomic E-state index is 11.1. The molecule has 0 fully saturated rings. The Balaban J connectivity index is 2.29. The fourth-order valence-corrected chi connectivity index (χ4v) is 2.21. The number of rotatable bonds is 6. The number of ether oxygens (including phenoxy) is 2. The summed E-state index contributed by atoms with van der Waals surface area (Å²) in [6.45, 7) is 4.93. The normalized spacial score (nSPS) is 16.1. The molecule has 0 spiro atoms. The van der Waals surface area contributed by atoms with Gasteiger partial charge in [-0.05, 0) is 37.6 Å². The summed E-state index contributed by atoms with van der Waals surface area (Å²) >= 11 is 0. The first-order chi connectivity index (χ1) is 9.05. The Morgan fingerprint density at radius 1 is 1.42 bits per heavy atom. The Labute approximate surface area is 112 Å². The highest BCUT2D eigenvalue weighted by molar-refractivity contribution is 5.69. The zero-order chi connectivity index (χ0) is 13.9. The summed E-state index contributed by atoms with van der Waals surface area (Å²) in [6, 6.07) is 5.57. The van der Waals surface area contributed by atoms with Crippen LogP contribution in [-0.4, -0.2) is 24.4 Å². The van der Waals surface area contributed by atoms with Crippen molar-refractivity contribution < 1.29 is 19.4 Å². The summed E-state index contributed by atoms with van der Waals surface area (Å²) in [5, 5.41) is 12.4. The van der Waals surface area contributed by atoms with Crippen molar-refractivity contribution >= 4 is 5.97 Å². The summed E-state index contributed by atoms with van der Waals surface area (Å²) in [7, 11) is 0. The van der Waals surface area contributed by atoms with Crippen LogP contribution in [0.5, 0.6) is 11.5 Å². The van der Waals surface area contributed by atoms with E-state index in [1.54, 1.807) is 0 Å². The number of hydrogen-bond donors (Lipinski definition) is 2. The monoisotopic (exact) mass is 265 g/mol. The van der Waals surface area contributed by atoms with Crippen molar-refractivity contribution in [2.24, 2.45) is 0 Å². The number of nitrogens with one attached hydrogen (secondary N) is 1. The highest BCUT2D eigenvalue weighted by Gasteiger charge is 2.30. The molecule has 1 atom stereocenters. The molecule has 1 aliphatic rings. The first kappa shape index (κ1) is 13.7. The number of carboxylic acid groups (broad SMARTS) is 1. The SMILES string of the molecule is CCCNC(C)(CC(=O)O)c1ccc2c(c1)OCO2. The van der Waals surface area contributed by atoms with E-state index >= 15 is 0 Å². The first-order valence-corrected chi connectivity index (χ1v) is 6.42. The predicted molar refractivity (Wildman–Crippen MR) is 70.5 cm³/mol. The summed E-state index contributed by atoms with van der Waals surface area (Å²) in [6.07, 6.45) is 0.965. The molecule has 5 heteroatoms. The zero-order valence-corrected chi connectivity index (χ0v) is 11.2. The lowest BCUT2D eigenvalue weighted by atomic mass is 9.88. The van der Waals surface area contributed by atoms with E-state index in [1.807, 2.05) is 32.0 Å². The van der Waals surface area contributed by atoms with E-state index in [1.165, 1.54) is 0 Å². The van der Waals surface area contributed by atoms with E-state index in [9.17, 15) is 4.79 Å². The number of aliphatic carboxylic acids is 1. The molecule has 2 N–H and O–H groups in total. The van der Waals surface area contributed by atoms with Crippen molar-refractivity contribution in [3.63, 3.8) is 0 Å². The summed E-state index contributed by atoms with van der Waals surface area (Å²) in [5.74, 6) is 0.549. The lowest BCUT2D eigenvalue weighted by molar-refractivity contribution is -0.138. The van der Waals surface area contributed by atoms with Crippen LogP contribution in [0.2, 0.25) is 0 Å². The third-order valence-electron chi connectivity index (χ3n) is 3.28. The Morgan fingerprint density at radius 2 is 2.16 bits per heavy atom. The zero-order valence-electron chi connectivity index (χ0n) is 11.2. The Hall–Kier alpha value is -1.75. The molecular formula is C14H19NO4. The molecule has 5 nitrogen and oxygen atoms in total. The molecule has 1 aromatic carbocycles. The standard InChI is InChI=1S/C14H19NO4/c1-3-6-15-14(2,8-13(16)17)10-4-5-11-12(7-10)19-9-18-11/h4-5,7,15H,3,6,8-9H2,1-2H3,(H,16,17). The third-order valence-corrected chi connectivity index (χ3v) is 3.28. The van der Waals surface area contributed by atoms with Crippen molar-refractivity contribution in [2.45, 2.75) is 32.2 Å². The minimum atomic E-state index is -0.830. The van der Waals surface area contributed by atoms with Gasteiger partial charge in [0.05, 0.1) is 12.0 Å². The van der Waals surface area contributed by atoms with E-state index in [-0.39, 0.29) is 13.2 Å². The first-order valence-electron chi connectivity index (χ1n) is 6.42. The number of benzene rings is 1. The Bertz CT molecular complexity index is 475. The minimum Gasteiger partial charge on any atom is -0.481 e. The molecule has 1 aromatic rings. The average molecular weight is 265 g/mol. The van der Waals surface area contributed by atoms with Gasteiger partial charge < -0.3 is 19.9 Å². The van der Waals surface area contributed by atoms with Crippen LogP contribution in [0.3, 0.4) is 0 Å². The summed E-state index contributed by atoms with van der Waals surface area (Å²) < 4.78 is 10.6. The van der Waals surface area contributed by atoms with Crippen molar-refractivity contribution in [1.82, 2.24) is 5.32 Å². The maximum Gasteiger partial charge on any atom is 0.305 e. The molecule has 0 bridgehead atoms. The van der Waals surface area contributed by atoms with Crippen LogP contribution < -0.4 is 14.8 Å². The number of hydrogen-bond acceptors (Lipinski definition) is 4. The van der Waals surface area contributed by atoms with Gasteiger partial charge in [-0.2, -0.15) is 0 Å². The maximum absolute atomic E-state index is 11.1. The van der Waals surface area contributed by atoms with E-state index in [0.717, 1.165) is 18.5 Å². The lowest BCUT2D eigenvalue weighted by Gasteiger charge is -2.30. The molecule has 1 aliphatic heterocycles. The number of fused-ring (bicyclic) bond motifs is 1. The van der Waals surface area contributed by atoms with Gasteiger partial charge in [0.2, 0.25) is 6.79 Å². The smallest absolute Gasteiger partial charge is 0.305 e. The van der Waals surface area contributed by atoms with Crippen LogP contribution in [0.4, 0.5) is 0 Å². The molecule has 1 heterocycles. The van der Waals surface area contributed by atoms with Gasteiger partial charge in [-0.3, -0.25) is 4.79 Å². The van der Waals surface area contributed by atoms with Gasteiger partial charge in [0.25, 0.3) is 0 Å². The quantitative estimate of drug-likeness (QED) is 0.824. The Kier molecular flexibility index (Phi) is 3.95. The van der Waals surface area contributed by atoms with E-state index in [2.05, 4.69) is 5.32 Å². The van der Waals surface area contributed by atoms with Gasteiger partial charge in [-0.15, -0.1) is 0 Å². The third kappa shape index (κ3) is 2.98. The van der Waals surface area contributed by atoms with Crippen LogP contribution in [0.1, 0.15) is 32.3 Å². The van der Waals surface area contributed by atoms with Crippen molar-refractivity contribution in [1.29, 1.82) is 0 Å². The van der Waals surface area contributed by atoms with Gasteiger partial charge in [0, 0.05) is 0 Å². The largest absolute Gasteiger partial charge is 0.481 e. The topological polar surface area (TPSA) is 67.8 Å². The molecule has 0 amide bonds. The molecule has 0 aliphatic carbocycles. The molecule has 0 radical (unpaired) electrons. The van der Waals surface area contributed by atoms with Crippen molar-refractivity contribution in [3.8, 4) is 11.5 Å².